The minimum atomic E-state index is 0.683. The molecular weight excluding hydrogens is 236 g/mol. The highest BCUT2D eigenvalue weighted by atomic mass is 16.5. The van der Waals surface area contributed by atoms with Crippen molar-refractivity contribution >= 4 is 5.69 Å². The fourth-order valence-electron chi connectivity index (χ4n) is 2.40. The molecule has 1 atom stereocenters. The molecule has 1 unspecified atom stereocenters. The fourth-order valence-corrected chi connectivity index (χ4v) is 2.40. The first-order valence-corrected chi connectivity index (χ1v) is 7.18. The van der Waals surface area contributed by atoms with Crippen LogP contribution in [0, 0.1) is 5.92 Å². The highest BCUT2D eigenvalue weighted by Crippen LogP contribution is 2.25. The molecule has 1 aromatic carbocycles. The molecule has 108 valence electrons. The van der Waals surface area contributed by atoms with Crippen LogP contribution in [-0.2, 0) is 6.42 Å². The second-order valence-corrected chi connectivity index (χ2v) is 5.06. The van der Waals surface area contributed by atoms with E-state index in [2.05, 4.69) is 49.3 Å². The van der Waals surface area contributed by atoms with Gasteiger partial charge in [-0.25, -0.2) is 0 Å². The second-order valence-electron chi connectivity index (χ2n) is 5.06. The SMILES string of the molecule is CCc1cc(N(C)CC(CC)CNC)ccc1OC. The topological polar surface area (TPSA) is 24.5 Å². The van der Waals surface area contributed by atoms with Gasteiger partial charge in [-0.3, -0.25) is 0 Å². The Kier molecular flexibility index (Phi) is 6.71. The van der Waals surface area contributed by atoms with Crippen molar-refractivity contribution < 1.29 is 4.74 Å². The molecule has 0 saturated heterocycles. The van der Waals surface area contributed by atoms with E-state index in [9.17, 15) is 0 Å². The normalized spacial score (nSPS) is 12.3. The molecule has 0 bridgehead atoms. The van der Waals surface area contributed by atoms with Gasteiger partial charge in [-0.15, -0.1) is 0 Å². The van der Waals surface area contributed by atoms with Crippen molar-refractivity contribution in [2.45, 2.75) is 26.7 Å². The van der Waals surface area contributed by atoms with Crippen molar-refractivity contribution in [2.24, 2.45) is 5.92 Å². The van der Waals surface area contributed by atoms with Gasteiger partial charge in [0.25, 0.3) is 0 Å². The summed E-state index contributed by atoms with van der Waals surface area (Å²) in [6.07, 6.45) is 2.19. The largest absolute Gasteiger partial charge is 0.496 e. The molecule has 3 nitrogen and oxygen atoms in total. The van der Waals surface area contributed by atoms with Crippen LogP contribution in [0.4, 0.5) is 5.69 Å². The van der Waals surface area contributed by atoms with E-state index in [-0.39, 0.29) is 0 Å². The highest BCUT2D eigenvalue weighted by molar-refractivity contribution is 5.52. The van der Waals surface area contributed by atoms with Crippen LogP contribution in [0.15, 0.2) is 18.2 Å². The Hall–Kier alpha value is -1.22. The van der Waals surface area contributed by atoms with Crippen LogP contribution in [0.2, 0.25) is 0 Å². The first-order chi connectivity index (χ1) is 9.15. The number of hydrogen-bond acceptors (Lipinski definition) is 3. The van der Waals surface area contributed by atoms with Gasteiger partial charge in [-0.1, -0.05) is 20.3 Å². The molecule has 0 saturated carbocycles. The Morgan fingerprint density at radius 1 is 1.32 bits per heavy atom. The second kappa shape index (κ2) is 8.05. The zero-order chi connectivity index (χ0) is 14.3. The van der Waals surface area contributed by atoms with Gasteiger partial charge in [-0.2, -0.15) is 0 Å². The maximum Gasteiger partial charge on any atom is 0.122 e. The predicted octanol–water partition coefficient (Wildman–Crippen LogP) is 2.94. The van der Waals surface area contributed by atoms with Crippen LogP contribution in [-0.4, -0.2) is 34.3 Å². The van der Waals surface area contributed by atoms with Gasteiger partial charge in [0, 0.05) is 19.3 Å². The third-order valence-electron chi connectivity index (χ3n) is 3.69. The first-order valence-electron chi connectivity index (χ1n) is 7.18. The average Bonchev–Trinajstić information content (AvgIpc) is 2.45. The quantitative estimate of drug-likeness (QED) is 0.781. The highest BCUT2D eigenvalue weighted by Gasteiger charge is 2.11. The number of nitrogens with one attached hydrogen (secondary N) is 1. The number of rotatable bonds is 8. The summed E-state index contributed by atoms with van der Waals surface area (Å²) >= 11 is 0. The van der Waals surface area contributed by atoms with E-state index in [0.717, 1.165) is 25.3 Å². The van der Waals surface area contributed by atoms with E-state index in [0.29, 0.717) is 5.92 Å². The monoisotopic (exact) mass is 264 g/mol. The molecule has 0 aliphatic carbocycles. The van der Waals surface area contributed by atoms with Crippen molar-refractivity contribution in [3.8, 4) is 5.75 Å². The molecule has 3 heteroatoms. The van der Waals surface area contributed by atoms with Gasteiger partial charge >= 0.3 is 0 Å². The molecule has 1 rings (SSSR count). The van der Waals surface area contributed by atoms with Gasteiger partial charge in [-0.05, 0) is 49.7 Å². The van der Waals surface area contributed by atoms with Crippen molar-refractivity contribution in [1.82, 2.24) is 5.32 Å². The summed E-state index contributed by atoms with van der Waals surface area (Å²) in [5.41, 5.74) is 2.54. The number of aryl methyl sites for hydroxylation is 1. The Balaban J connectivity index is 2.78. The molecular formula is C16H28N2O. The maximum atomic E-state index is 5.38. The van der Waals surface area contributed by atoms with Crippen LogP contribution in [0.25, 0.3) is 0 Å². The van der Waals surface area contributed by atoms with E-state index < -0.39 is 0 Å². The number of ether oxygens (including phenoxy) is 1. The molecule has 0 radical (unpaired) electrons. The van der Waals surface area contributed by atoms with Gasteiger partial charge < -0.3 is 15.0 Å². The summed E-state index contributed by atoms with van der Waals surface area (Å²) in [4.78, 5) is 2.34. The first kappa shape index (κ1) is 15.8. The smallest absolute Gasteiger partial charge is 0.122 e. The van der Waals surface area contributed by atoms with Gasteiger partial charge in [0.1, 0.15) is 5.75 Å². The Labute approximate surface area is 118 Å². The lowest BCUT2D eigenvalue weighted by molar-refractivity contribution is 0.410. The van der Waals surface area contributed by atoms with Gasteiger partial charge in [0.05, 0.1) is 7.11 Å². The van der Waals surface area contributed by atoms with Crippen molar-refractivity contribution in [2.75, 3.05) is 39.2 Å². The Morgan fingerprint density at radius 2 is 2.05 bits per heavy atom. The zero-order valence-corrected chi connectivity index (χ0v) is 13.0. The van der Waals surface area contributed by atoms with E-state index in [1.807, 2.05) is 7.05 Å². The zero-order valence-electron chi connectivity index (χ0n) is 13.0. The van der Waals surface area contributed by atoms with Crippen LogP contribution >= 0.6 is 0 Å². The van der Waals surface area contributed by atoms with Crippen LogP contribution in [0.1, 0.15) is 25.8 Å². The predicted molar refractivity (Wildman–Crippen MR) is 83.3 cm³/mol. The van der Waals surface area contributed by atoms with Crippen LogP contribution in [0.3, 0.4) is 0 Å². The molecule has 0 fully saturated rings. The molecule has 0 heterocycles. The molecule has 0 aromatic heterocycles. The van der Waals surface area contributed by atoms with E-state index >= 15 is 0 Å². The molecule has 19 heavy (non-hydrogen) atoms. The third kappa shape index (κ3) is 4.43. The van der Waals surface area contributed by atoms with E-state index in [4.69, 9.17) is 4.74 Å². The molecule has 0 aliphatic rings. The van der Waals surface area contributed by atoms with E-state index in [1.54, 1.807) is 7.11 Å². The number of anilines is 1. The summed E-state index contributed by atoms with van der Waals surface area (Å²) in [5, 5.41) is 3.27. The van der Waals surface area contributed by atoms with Crippen molar-refractivity contribution in [3.63, 3.8) is 0 Å². The molecule has 0 amide bonds. The molecule has 0 aliphatic heterocycles. The lowest BCUT2D eigenvalue weighted by atomic mass is 10.1. The Bertz CT molecular complexity index is 379. The van der Waals surface area contributed by atoms with Crippen molar-refractivity contribution in [1.29, 1.82) is 0 Å². The van der Waals surface area contributed by atoms with Gasteiger partial charge in [0.2, 0.25) is 0 Å². The summed E-state index contributed by atoms with van der Waals surface area (Å²) in [5.74, 6) is 1.67. The third-order valence-corrected chi connectivity index (χ3v) is 3.69. The maximum absolute atomic E-state index is 5.38. The summed E-state index contributed by atoms with van der Waals surface area (Å²) < 4.78 is 5.38. The summed E-state index contributed by atoms with van der Waals surface area (Å²) in [6.45, 7) is 6.56. The lowest BCUT2D eigenvalue weighted by Gasteiger charge is -2.25. The fraction of sp³-hybridized carbons (Fsp3) is 0.625. The average molecular weight is 264 g/mol. The van der Waals surface area contributed by atoms with Crippen LogP contribution < -0.4 is 15.0 Å². The Morgan fingerprint density at radius 3 is 2.58 bits per heavy atom. The van der Waals surface area contributed by atoms with E-state index in [1.165, 1.54) is 17.7 Å². The minimum Gasteiger partial charge on any atom is -0.496 e. The van der Waals surface area contributed by atoms with Gasteiger partial charge in [0.15, 0.2) is 0 Å². The van der Waals surface area contributed by atoms with Crippen molar-refractivity contribution in [3.05, 3.63) is 23.8 Å². The lowest BCUT2D eigenvalue weighted by Crippen LogP contribution is -2.31. The standard InChI is InChI=1S/C16H28N2O/c1-6-13(11-17-3)12-18(4)15-8-9-16(19-5)14(7-2)10-15/h8-10,13,17H,6-7,11-12H2,1-5H3. The molecule has 0 spiro atoms. The summed E-state index contributed by atoms with van der Waals surface area (Å²) in [6, 6.07) is 6.46. The number of hydrogen-bond donors (Lipinski definition) is 1. The summed E-state index contributed by atoms with van der Waals surface area (Å²) in [7, 11) is 5.92. The van der Waals surface area contributed by atoms with Crippen LogP contribution in [0.5, 0.6) is 5.75 Å². The minimum absolute atomic E-state index is 0.683. The number of nitrogens with zero attached hydrogens (tertiary/aromatic N) is 1. The molecule has 1 aromatic rings. The molecule has 1 N–H and O–H groups in total. The number of methoxy groups -OCH3 is 1. The number of benzene rings is 1.